The van der Waals surface area contributed by atoms with Gasteiger partial charge >= 0.3 is 5.97 Å². The molecule has 1 aliphatic carbocycles. The quantitative estimate of drug-likeness (QED) is 0.788. The molecule has 5 nitrogen and oxygen atoms in total. The van der Waals surface area contributed by atoms with E-state index in [1.165, 1.54) is 0 Å². The first kappa shape index (κ1) is 17.6. The second-order valence-electron chi connectivity index (χ2n) is 6.98. The Morgan fingerprint density at radius 2 is 1.88 bits per heavy atom. The summed E-state index contributed by atoms with van der Waals surface area (Å²) in [5.74, 6) is -0.564. The van der Waals surface area contributed by atoms with Crippen molar-refractivity contribution in [1.29, 1.82) is 0 Å². The number of piperidine rings is 1. The van der Waals surface area contributed by atoms with Crippen molar-refractivity contribution in [3.8, 4) is 0 Å². The Kier molecular flexibility index (Phi) is 5.84. The van der Waals surface area contributed by atoms with Crippen LogP contribution < -0.4 is 0 Å². The van der Waals surface area contributed by atoms with Crippen LogP contribution in [0.15, 0.2) is 30.3 Å². The van der Waals surface area contributed by atoms with E-state index in [1.54, 1.807) is 4.90 Å². The van der Waals surface area contributed by atoms with Crippen LogP contribution in [0.1, 0.15) is 44.1 Å². The van der Waals surface area contributed by atoms with Gasteiger partial charge in [-0.15, -0.1) is 0 Å². The molecule has 0 unspecified atom stereocenters. The molecule has 0 spiro atoms. The Morgan fingerprint density at radius 1 is 1.08 bits per heavy atom. The number of hydrogen-bond donors (Lipinski definition) is 0. The maximum atomic E-state index is 12.5. The summed E-state index contributed by atoms with van der Waals surface area (Å²) < 4.78 is 5.46. The molecule has 25 heavy (non-hydrogen) atoms. The van der Waals surface area contributed by atoms with E-state index in [-0.39, 0.29) is 23.6 Å². The monoisotopic (exact) mass is 343 g/mol. The molecule has 1 heterocycles. The van der Waals surface area contributed by atoms with Gasteiger partial charge in [-0.05, 0) is 37.7 Å². The minimum atomic E-state index is -0.573. The maximum absolute atomic E-state index is 12.5. The standard InChI is InChI=1S/C20H25NO4/c22-17-10-4-5-11-18(17)25-20(24)16-9-6-12-21(14-16)19(23)13-15-7-2-1-3-8-15/h1-3,7-8,16,18H,4-6,9-14H2/t16-,18+/m0/s1. The number of hydrogen-bond acceptors (Lipinski definition) is 4. The van der Waals surface area contributed by atoms with Crippen LogP contribution in [0.4, 0.5) is 0 Å². The van der Waals surface area contributed by atoms with Crippen molar-refractivity contribution in [1.82, 2.24) is 4.90 Å². The molecule has 0 radical (unpaired) electrons. The molecule has 2 fully saturated rings. The number of likely N-dealkylation sites (tertiary alicyclic amines) is 1. The van der Waals surface area contributed by atoms with Gasteiger partial charge in [0.2, 0.25) is 5.91 Å². The summed E-state index contributed by atoms with van der Waals surface area (Å²) in [5, 5.41) is 0. The Labute approximate surface area is 148 Å². The molecule has 1 saturated heterocycles. The Balaban J connectivity index is 1.54. The average Bonchev–Trinajstić information content (AvgIpc) is 2.64. The average molecular weight is 343 g/mol. The second kappa shape index (κ2) is 8.28. The number of amides is 1. The summed E-state index contributed by atoms with van der Waals surface area (Å²) in [6, 6.07) is 9.62. The zero-order chi connectivity index (χ0) is 17.6. The van der Waals surface area contributed by atoms with Crippen LogP contribution in [-0.2, 0) is 25.5 Å². The van der Waals surface area contributed by atoms with Crippen molar-refractivity contribution < 1.29 is 19.1 Å². The van der Waals surface area contributed by atoms with Gasteiger partial charge in [-0.1, -0.05) is 30.3 Å². The van der Waals surface area contributed by atoms with Crippen molar-refractivity contribution in [3.05, 3.63) is 35.9 Å². The molecule has 5 heteroatoms. The first-order valence-corrected chi connectivity index (χ1v) is 9.18. The zero-order valence-corrected chi connectivity index (χ0v) is 14.5. The molecule has 1 aromatic carbocycles. The highest BCUT2D eigenvalue weighted by Crippen LogP contribution is 2.23. The van der Waals surface area contributed by atoms with E-state index in [1.807, 2.05) is 30.3 Å². The summed E-state index contributed by atoms with van der Waals surface area (Å²) in [5.41, 5.74) is 0.977. The molecular formula is C20H25NO4. The molecule has 0 aromatic heterocycles. The number of ether oxygens (including phenoxy) is 1. The van der Waals surface area contributed by atoms with E-state index < -0.39 is 6.10 Å². The van der Waals surface area contributed by atoms with Crippen molar-refractivity contribution in [2.24, 2.45) is 5.92 Å². The minimum Gasteiger partial charge on any atom is -0.454 e. The number of benzene rings is 1. The molecule has 1 saturated carbocycles. The molecule has 2 atom stereocenters. The largest absolute Gasteiger partial charge is 0.454 e. The summed E-state index contributed by atoms with van der Waals surface area (Å²) in [6.45, 7) is 1.07. The highest BCUT2D eigenvalue weighted by molar-refractivity contribution is 5.87. The predicted octanol–water partition coefficient (Wildman–Crippen LogP) is 2.52. The van der Waals surface area contributed by atoms with E-state index in [2.05, 4.69) is 0 Å². The van der Waals surface area contributed by atoms with Crippen LogP contribution in [0, 0.1) is 5.92 Å². The molecule has 1 amide bonds. The summed E-state index contributed by atoms with van der Waals surface area (Å²) in [4.78, 5) is 38.5. The first-order valence-electron chi connectivity index (χ1n) is 9.18. The van der Waals surface area contributed by atoms with Crippen molar-refractivity contribution in [2.45, 2.75) is 51.0 Å². The minimum absolute atomic E-state index is 0.0346. The van der Waals surface area contributed by atoms with E-state index in [0.717, 1.165) is 31.2 Å². The fourth-order valence-corrected chi connectivity index (χ4v) is 3.59. The Hall–Kier alpha value is -2.17. The lowest BCUT2D eigenvalue weighted by Gasteiger charge is -2.32. The van der Waals surface area contributed by atoms with Crippen molar-refractivity contribution in [3.63, 3.8) is 0 Å². The van der Waals surface area contributed by atoms with Crippen LogP contribution in [-0.4, -0.2) is 41.8 Å². The van der Waals surface area contributed by atoms with Gasteiger partial charge in [0.05, 0.1) is 12.3 Å². The summed E-state index contributed by atoms with van der Waals surface area (Å²) in [7, 11) is 0. The van der Waals surface area contributed by atoms with Gasteiger partial charge in [0, 0.05) is 19.5 Å². The van der Waals surface area contributed by atoms with Crippen LogP contribution >= 0.6 is 0 Å². The lowest BCUT2D eigenvalue weighted by atomic mass is 9.95. The van der Waals surface area contributed by atoms with Gasteiger partial charge in [-0.25, -0.2) is 0 Å². The SMILES string of the molecule is O=C(O[C@@H]1CCCCC1=O)[C@H]1CCCN(C(=O)Cc2ccccc2)C1. The number of nitrogens with zero attached hydrogens (tertiary/aromatic N) is 1. The number of carbonyl (C=O) groups is 3. The van der Waals surface area contributed by atoms with E-state index >= 15 is 0 Å². The highest BCUT2D eigenvalue weighted by Gasteiger charge is 2.33. The first-order chi connectivity index (χ1) is 12.1. The number of rotatable bonds is 4. The van der Waals surface area contributed by atoms with Crippen molar-refractivity contribution >= 4 is 17.7 Å². The summed E-state index contributed by atoms with van der Waals surface area (Å²) in [6.07, 6.45) is 4.24. The van der Waals surface area contributed by atoms with E-state index in [0.29, 0.717) is 32.4 Å². The third-order valence-corrected chi connectivity index (χ3v) is 5.06. The van der Waals surface area contributed by atoms with Gasteiger partial charge in [0.15, 0.2) is 11.9 Å². The summed E-state index contributed by atoms with van der Waals surface area (Å²) >= 11 is 0. The molecule has 134 valence electrons. The smallest absolute Gasteiger partial charge is 0.311 e. The fraction of sp³-hybridized carbons (Fsp3) is 0.550. The molecule has 1 aliphatic heterocycles. The second-order valence-corrected chi connectivity index (χ2v) is 6.98. The Morgan fingerprint density at radius 3 is 2.64 bits per heavy atom. The van der Waals surface area contributed by atoms with Crippen LogP contribution in [0.2, 0.25) is 0 Å². The van der Waals surface area contributed by atoms with Crippen LogP contribution in [0.3, 0.4) is 0 Å². The van der Waals surface area contributed by atoms with Crippen LogP contribution in [0.25, 0.3) is 0 Å². The highest BCUT2D eigenvalue weighted by atomic mass is 16.5. The van der Waals surface area contributed by atoms with Gasteiger partial charge in [0.1, 0.15) is 0 Å². The Bertz CT molecular complexity index is 628. The van der Waals surface area contributed by atoms with E-state index in [9.17, 15) is 14.4 Å². The maximum Gasteiger partial charge on any atom is 0.311 e. The van der Waals surface area contributed by atoms with Crippen molar-refractivity contribution in [2.75, 3.05) is 13.1 Å². The molecule has 1 aromatic rings. The molecule has 2 aliphatic rings. The normalized spacial score (nSPS) is 24.0. The zero-order valence-electron chi connectivity index (χ0n) is 14.5. The van der Waals surface area contributed by atoms with Gasteiger partial charge in [-0.2, -0.15) is 0 Å². The number of Topliss-reactive ketones (excluding diaryl/α,β-unsaturated/α-hetero) is 1. The third-order valence-electron chi connectivity index (χ3n) is 5.06. The van der Waals surface area contributed by atoms with Gasteiger partial charge in [-0.3, -0.25) is 14.4 Å². The lowest BCUT2D eigenvalue weighted by Crippen LogP contribution is -2.44. The van der Waals surface area contributed by atoms with E-state index in [4.69, 9.17) is 4.74 Å². The van der Waals surface area contributed by atoms with Gasteiger partial charge in [0.25, 0.3) is 0 Å². The molecule has 0 N–H and O–H groups in total. The topological polar surface area (TPSA) is 63.7 Å². The number of esters is 1. The predicted molar refractivity (Wildman–Crippen MR) is 92.8 cm³/mol. The molecular weight excluding hydrogens is 318 g/mol. The lowest BCUT2D eigenvalue weighted by molar-refractivity contribution is -0.162. The molecule has 3 rings (SSSR count). The van der Waals surface area contributed by atoms with Crippen LogP contribution in [0.5, 0.6) is 0 Å². The number of ketones is 1. The number of carbonyl (C=O) groups excluding carboxylic acids is 3. The third kappa shape index (κ3) is 4.68. The fourth-order valence-electron chi connectivity index (χ4n) is 3.59. The van der Waals surface area contributed by atoms with Gasteiger partial charge < -0.3 is 9.64 Å². The molecule has 0 bridgehead atoms.